The van der Waals surface area contributed by atoms with Crippen LogP contribution in [0.15, 0.2) is 28.7 Å². The van der Waals surface area contributed by atoms with Crippen molar-refractivity contribution in [3.8, 4) is 6.07 Å². The molecule has 0 aromatic heterocycles. The number of rotatable bonds is 4. The van der Waals surface area contributed by atoms with E-state index in [4.69, 9.17) is 5.26 Å². The lowest BCUT2D eigenvalue weighted by Crippen LogP contribution is -2.25. The average Bonchev–Trinajstić information content (AvgIpc) is 2.25. The van der Waals surface area contributed by atoms with E-state index in [1.165, 1.54) is 0 Å². The van der Waals surface area contributed by atoms with Gasteiger partial charge in [-0.1, -0.05) is 34.1 Å². The summed E-state index contributed by atoms with van der Waals surface area (Å²) in [7, 11) is 3.77. The van der Waals surface area contributed by atoms with E-state index >= 15 is 0 Å². The van der Waals surface area contributed by atoms with Crippen molar-refractivity contribution in [2.75, 3.05) is 20.6 Å². The quantitative estimate of drug-likeness (QED) is 0.921. The van der Waals surface area contributed by atoms with Crippen molar-refractivity contribution in [2.45, 2.75) is 6.10 Å². The molecule has 4 heteroatoms. The van der Waals surface area contributed by atoms with Crippen LogP contribution in [-0.4, -0.2) is 30.6 Å². The molecule has 86 valence electrons. The maximum atomic E-state index is 10.1. The van der Waals surface area contributed by atoms with Crippen LogP contribution < -0.4 is 0 Å². The van der Waals surface area contributed by atoms with Gasteiger partial charge in [-0.15, -0.1) is 0 Å². The van der Waals surface area contributed by atoms with E-state index in [2.05, 4.69) is 22.0 Å². The summed E-state index contributed by atoms with van der Waals surface area (Å²) in [6.07, 6.45) is -0.761. The average molecular weight is 283 g/mol. The summed E-state index contributed by atoms with van der Waals surface area (Å²) in [5.74, 6) is -0.423. The summed E-state index contributed by atoms with van der Waals surface area (Å²) < 4.78 is 0.835. The molecule has 0 aliphatic carbocycles. The van der Waals surface area contributed by atoms with Crippen LogP contribution in [0.5, 0.6) is 0 Å². The van der Waals surface area contributed by atoms with Crippen LogP contribution in [0, 0.1) is 17.2 Å². The minimum atomic E-state index is -0.761. The zero-order valence-electron chi connectivity index (χ0n) is 9.39. The van der Waals surface area contributed by atoms with E-state index in [0.717, 1.165) is 10.0 Å². The van der Waals surface area contributed by atoms with Gasteiger partial charge in [0, 0.05) is 11.0 Å². The highest BCUT2D eigenvalue weighted by Crippen LogP contribution is 2.28. The van der Waals surface area contributed by atoms with Gasteiger partial charge in [-0.05, 0) is 25.7 Å². The minimum Gasteiger partial charge on any atom is -0.387 e. The van der Waals surface area contributed by atoms with Crippen LogP contribution >= 0.6 is 15.9 Å². The molecule has 1 rings (SSSR count). The fraction of sp³-hybridized carbons (Fsp3) is 0.417. The van der Waals surface area contributed by atoms with E-state index < -0.39 is 12.0 Å². The highest BCUT2D eigenvalue weighted by Gasteiger charge is 2.22. The van der Waals surface area contributed by atoms with Crippen molar-refractivity contribution in [1.82, 2.24) is 4.90 Å². The van der Waals surface area contributed by atoms with Gasteiger partial charge in [0.15, 0.2) is 0 Å². The molecular formula is C12H15BrN2O. The second-order valence-corrected chi connectivity index (χ2v) is 4.82. The number of aliphatic hydroxyl groups is 1. The second-order valence-electron chi connectivity index (χ2n) is 3.96. The van der Waals surface area contributed by atoms with Crippen molar-refractivity contribution in [3.05, 3.63) is 34.3 Å². The predicted molar refractivity (Wildman–Crippen MR) is 66.8 cm³/mol. The minimum absolute atomic E-state index is 0.423. The van der Waals surface area contributed by atoms with Gasteiger partial charge in [-0.3, -0.25) is 0 Å². The molecule has 0 amide bonds. The third kappa shape index (κ3) is 3.31. The van der Waals surface area contributed by atoms with Crippen LogP contribution in [0.25, 0.3) is 0 Å². The molecule has 3 nitrogen and oxygen atoms in total. The van der Waals surface area contributed by atoms with Gasteiger partial charge < -0.3 is 10.0 Å². The molecular weight excluding hydrogens is 268 g/mol. The number of halogens is 1. The van der Waals surface area contributed by atoms with E-state index in [1.807, 2.05) is 43.3 Å². The van der Waals surface area contributed by atoms with Crippen LogP contribution in [0.1, 0.15) is 11.7 Å². The number of nitrogens with zero attached hydrogens (tertiary/aromatic N) is 2. The zero-order valence-corrected chi connectivity index (χ0v) is 11.0. The lowest BCUT2D eigenvalue weighted by molar-refractivity contribution is 0.117. The van der Waals surface area contributed by atoms with Gasteiger partial charge in [-0.25, -0.2) is 0 Å². The third-order valence-corrected chi connectivity index (χ3v) is 3.05. The number of nitriles is 1. The van der Waals surface area contributed by atoms with Gasteiger partial charge in [0.25, 0.3) is 0 Å². The highest BCUT2D eigenvalue weighted by molar-refractivity contribution is 9.10. The van der Waals surface area contributed by atoms with E-state index in [0.29, 0.717) is 6.54 Å². The Labute approximate surface area is 104 Å². The van der Waals surface area contributed by atoms with E-state index in [9.17, 15) is 5.11 Å². The summed E-state index contributed by atoms with van der Waals surface area (Å²) in [6.45, 7) is 0.541. The first-order chi connectivity index (χ1) is 7.56. The van der Waals surface area contributed by atoms with Crippen molar-refractivity contribution in [3.63, 3.8) is 0 Å². The number of benzene rings is 1. The van der Waals surface area contributed by atoms with Crippen LogP contribution in [-0.2, 0) is 0 Å². The van der Waals surface area contributed by atoms with Crippen molar-refractivity contribution in [1.29, 1.82) is 5.26 Å². The lowest BCUT2D eigenvalue weighted by atomic mass is 9.96. The van der Waals surface area contributed by atoms with Crippen LogP contribution in [0.4, 0.5) is 0 Å². The molecule has 0 spiro atoms. The molecule has 1 aromatic rings. The summed E-state index contributed by atoms with van der Waals surface area (Å²) in [5.41, 5.74) is 0.760. The Morgan fingerprint density at radius 3 is 2.56 bits per heavy atom. The molecule has 1 aromatic carbocycles. The Hall–Kier alpha value is -0.890. The maximum Gasteiger partial charge on any atom is 0.0971 e. The molecule has 0 saturated carbocycles. The van der Waals surface area contributed by atoms with Gasteiger partial charge in [0.05, 0.1) is 18.1 Å². The van der Waals surface area contributed by atoms with Crippen molar-refractivity contribution >= 4 is 15.9 Å². The third-order valence-electron chi connectivity index (χ3n) is 2.33. The first-order valence-electron chi connectivity index (χ1n) is 5.03. The molecule has 0 saturated heterocycles. The standard InChI is InChI=1S/C12H15BrN2O/c1-15(2)8-9(7-14)12(16)10-5-3-4-6-11(10)13/h3-6,9,12,16H,8H2,1-2H3/t9-,12+/m1/s1. The molecule has 0 bridgehead atoms. The first kappa shape index (κ1) is 13.2. The summed E-state index contributed by atoms with van der Waals surface area (Å²) >= 11 is 3.38. The molecule has 1 N–H and O–H groups in total. The molecule has 0 aliphatic rings. The van der Waals surface area contributed by atoms with Gasteiger partial charge in [0.2, 0.25) is 0 Å². The Balaban J connectivity index is 2.88. The van der Waals surface area contributed by atoms with Gasteiger partial charge in [-0.2, -0.15) is 5.26 Å². The monoisotopic (exact) mass is 282 g/mol. The topological polar surface area (TPSA) is 47.3 Å². The predicted octanol–water partition coefficient (Wildman–Crippen LogP) is 2.18. The Morgan fingerprint density at radius 1 is 1.44 bits per heavy atom. The SMILES string of the molecule is CN(C)C[C@@H](C#N)[C@H](O)c1ccccc1Br. The molecule has 0 aliphatic heterocycles. The lowest BCUT2D eigenvalue weighted by Gasteiger charge is -2.21. The molecule has 2 atom stereocenters. The molecule has 0 fully saturated rings. The fourth-order valence-corrected chi connectivity index (χ4v) is 2.06. The van der Waals surface area contributed by atoms with Gasteiger partial charge >= 0.3 is 0 Å². The molecule has 0 radical (unpaired) electrons. The van der Waals surface area contributed by atoms with Crippen LogP contribution in [0.2, 0.25) is 0 Å². The van der Waals surface area contributed by atoms with E-state index in [-0.39, 0.29) is 0 Å². The second kappa shape index (κ2) is 6.00. The highest BCUT2D eigenvalue weighted by atomic mass is 79.9. The summed E-state index contributed by atoms with van der Waals surface area (Å²) in [5, 5.41) is 19.2. The van der Waals surface area contributed by atoms with Crippen molar-refractivity contribution in [2.24, 2.45) is 5.92 Å². The first-order valence-corrected chi connectivity index (χ1v) is 5.82. The van der Waals surface area contributed by atoms with Crippen molar-refractivity contribution < 1.29 is 5.11 Å². The normalized spacial score (nSPS) is 14.5. The number of hydrogen-bond acceptors (Lipinski definition) is 3. The Kier molecular flexibility index (Phi) is 4.94. The Bertz CT molecular complexity index is 387. The zero-order chi connectivity index (χ0) is 12.1. The largest absolute Gasteiger partial charge is 0.387 e. The Morgan fingerprint density at radius 2 is 2.06 bits per heavy atom. The number of hydrogen-bond donors (Lipinski definition) is 1. The number of aliphatic hydroxyl groups excluding tert-OH is 1. The summed E-state index contributed by atoms with van der Waals surface area (Å²) in [6, 6.07) is 9.58. The summed E-state index contributed by atoms with van der Waals surface area (Å²) in [4.78, 5) is 1.90. The van der Waals surface area contributed by atoms with Gasteiger partial charge in [0.1, 0.15) is 0 Å². The molecule has 0 heterocycles. The smallest absolute Gasteiger partial charge is 0.0971 e. The maximum absolute atomic E-state index is 10.1. The fourth-order valence-electron chi connectivity index (χ4n) is 1.54. The van der Waals surface area contributed by atoms with E-state index in [1.54, 1.807) is 0 Å². The molecule has 16 heavy (non-hydrogen) atoms. The molecule has 0 unspecified atom stereocenters. The van der Waals surface area contributed by atoms with Crippen LogP contribution in [0.3, 0.4) is 0 Å².